The molecule has 0 aliphatic heterocycles. The summed E-state index contributed by atoms with van der Waals surface area (Å²) in [6.45, 7) is 3.93. The van der Waals surface area contributed by atoms with Crippen molar-refractivity contribution in [3.63, 3.8) is 0 Å². The SMILES string of the molecule is CCCNc1nc(Cl)nc(NCCCCCCO)n1. The summed E-state index contributed by atoms with van der Waals surface area (Å²) in [5.74, 6) is 1.00. The molecule has 0 aliphatic carbocycles. The van der Waals surface area contributed by atoms with Gasteiger partial charge in [0.1, 0.15) is 0 Å². The summed E-state index contributed by atoms with van der Waals surface area (Å²) >= 11 is 5.84. The Kier molecular flexibility index (Phi) is 8.16. The molecule has 1 rings (SSSR count). The number of unbranched alkanes of at least 4 members (excludes halogenated alkanes) is 3. The van der Waals surface area contributed by atoms with Gasteiger partial charge in [0.25, 0.3) is 0 Å². The number of rotatable bonds is 10. The molecule has 0 bridgehead atoms. The Morgan fingerprint density at radius 1 is 0.947 bits per heavy atom. The van der Waals surface area contributed by atoms with Crippen molar-refractivity contribution in [2.75, 3.05) is 30.3 Å². The highest BCUT2D eigenvalue weighted by Crippen LogP contribution is 2.10. The van der Waals surface area contributed by atoms with Crippen LogP contribution in [0.2, 0.25) is 5.28 Å². The minimum Gasteiger partial charge on any atom is -0.396 e. The van der Waals surface area contributed by atoms with E-state index in [0.29, 0.717) is 11.9 Å². The third-order valence-corrected chi connectivity index (χ3v) is 2.68. The third-order valence-electron chi connectivity index (χ3n) is 2.51. The van der Waals surface area contributed by atoms with Gasteiger partial charge < -0.3 is 15.7 Å². The van der Waals surface area contributed by atoms with Crippen LogP contribution >= 0.6 is 11.6 Å². The van der Waals surface area contributed by atoms with Gasteiger partial charge in [0, 0.05) is 19.7 Å². The van der Waals surface area contributed by atoms with Crippen LogP contribution in [0.25, 0.3) is 0 Å². The lowest BCUT2D eigenvalue weighted by Gasteiger charge is -2.07. The molecule has 1 aromatic heterocycles. The zero-order chi connectivity index (χ0) is 13.9. The fraction of sp³-hybridized carbons (Fsp3) is 0.750. The van der Waals surface area contributed by atoms with Crippen molar-refractivity contribution < 1.29 is 5.11 Å². The highest BCUT2D eigenvalue weighted by atomic mass is 35.5. The average Bonchev–Trinajstić information content (AvgIpc) is 2.40. The van der Waals surface area contributed by atoms with Crippen molar-refractivity contribution in [3.8, 4) is 0 Å². The largest absolute Gasteiger partial charge is 0.396 e. The Morgan fingerprint density at radius 2 is 1.58 bits per heavy atom. The maximum Gasteiger partial charge on any atom is 0.228 e. The molecular formula is C12H22ClN5O. The van der Waals surface area contributed by atoms with Gasteiger partial charge in [0.05, 0.1) is 0 Å². The zero-order valence-corrected chi connectivity index (χ0v) is 12.1. The summed E-state index contributed by atoms with van der Waals surface area (Å²) in [4.78, 5) is 12.3. The van der Waals surface area contributed by atoms with Crippen molar-refractivity contribution in [2.24, 2.45) is 0 Å². The lowest BCUT2D eigenvalue weighted by Crippen LogP contribution is -2.10. The molecule has 0 aliphatic rings. The quantitative estimate of drug-likeness (QED) is 0.573. The number of hydrogen-bond donors (Lipinski definition) is 3. The minimum atomic E-state index is 0.191. The van der Waals surface area contributed by atoms with E-state index in [4.69, 9.17) is 16.7 Å². The summed E-state index contributed by atoms with van der Waals surface area (Å²) in [7, 11) is 0. The van der Waals surface area contributed by atoms with Crippen molar-refractivity contribution in [2.45, 2.75) is 39.0 Å². The van der Waals surface area contributed by atoms with Crippen LogP contribution in [0.5, 0.6) is 0 Å². The summed E-state index contributed by atoms with van der Waals surface area (Å²) in [6, 6.07) is 0. The van der Waals surface area contributed by atoms with Gasteiger partial charge in [-0.2, -0.15) is 15.0 Å². The van der Waals surface area contributed by atoms with Crippen LogP contribution in [0.4, 0.5) is 11.9 Å². The van der Waals surface area contributed by atoms with E-state index < -0.39 is 0 Å². The van der Waals surface area contributed by atoms with Crippen LogP contribution < -0.4 is 10.6 Å². The van der Waals surface area contributed by atoms with Crippen molar-refractivity contribution in [1.29, 1.82) is 0 Å². The first-order valence-corrected chi connectivity index (χ1v) is 7.14. The van der Waals surface area contributed by atoms with E-state index in [9.17, 15) is 0 Å². The molecule has 3 N–H and O–H groups in total. The van der Waals surface area contributed by atoms with Gasteiger partial charge in [0.15, 0.2) is 0 Å². The number of hydrogen-bond acceptors (Lipinski definition) is 6. The van der Waals surface area contributed by atoms with Gasteiger partial charge in [0.2, 0.25) is 17.2 Å². The lowest BCUT2D eigenvalue weighted by molar-refractivity contribution is 0.283. The number of nitrogens with one attached hydrogen (secondary N) is 2. The van der Waals surface area contributed by atoms with E-state index in [1.54, 1.807) is 0 Å². The molecule has 6 nitrogen and oxygen atoms in total. The molecule has 0 spiro atoms. The average molecular weight is 288 g/mol. The van der Waals surface area contributed by atoms with Crippen LogP contribution in [0.15, 0.2) is 0 Å². The number of anilines is 2. The summed E-state index contributed by atoms with van der Waals surface area (Å²) in [5.41, 5.74) is 0. The number of nitrogens with zero attached hydrogens (tertiary/aromatic N) is 3. The van der Waals surface area contributed by atoms with Crippen molar-refractivity contribution in [1.82, 2.24) is 15.0 Å². The van der Waals surface area contributed by atoms with E-state index in [1.807, 2.05) is 0 Å². The standard InChI is InChI=1S/C12H22ClN5O/c1-2-7-14-11-16-10(13)17-12(18-11)15-8-5-3-4-6-9-19/h19H,2-9H2,1H3,(H2,14,15,16,17,18). The Balaban J connectivity index is 2.34. The molecule has 0 saturated carbocycles. The van der Waals surface area contributed by atoms with E-state index >= 15 is 0 Å². The van der Waals surface area contributed by atoms with Crippen LogP contribution in [0.3, 0.4) is 0 Å². The van der Waals surface area contributed by atoms with Crippen molar-refractivity contribution in [3.05, 3.63) is 5.28 Å². The highest BCUT2D eigenvalue weighted by Gasteiger charge is 2.03. The second-order valence-corrected chi connectivity index (χ2v) is 4.58. The molecule has 108 valence electrons. The van der Waals surface area contributed by atoms with Crippen LogP contribution in [0, 0.1) is 0 Å². The predicted octanol–water partition coefficient (Wildman–Crippen LogP) is 2.31. The molecule has 0 unspecified atom stereocenters. The van der Waals surface area contributed by atoms with E-state index in [0.717, 1.165) is 45.2 Å². The molecule has 0 fully saturated rings. The van der Waals surface area contributed by atoms with E-state index in [2.05, 4.69) is 32.5 Å². The second-order valence-electron chi connectivity index (χ2n) is 4.24. The first-order valence-electron chi connectivity index (χ1n) is 6.76. The van der Waals surface area contributed by atoms with Gasteiger partial charge in [-0.25, -0.2) is 0 Å². The molecule has 0 atom stereocenters. The van der Waals surface area contributed by atoms with Crippen LogP contribution in [0.1, 0.15) is 39.0 Å². The molecule has 0 radical (unpaired) electrons. The third kappa shape index (κ3) is 7.12. The lowest BCUT2D eigenvalue weighted by atomic mass is 10.2. The van der Waals surface area contributed by atoms with Gasteiger partial charge in [-0.05, 0) is 30.9 Å². The molecule has 19 heavy (non-hydrogen) atoms. The molecule has 0 aromatic carbocycles. The Labute approximate surface area is 119 Å². The molecular weight excluding hydrogens is 266 g/mol. The van der Waals surface area contributed by atoms with E-state index in [-0.39, 0.29) is 11.9 Å². The van der Waals surface area contributed by atoms with Gasteiger partial charge in [-0.15, -0.1) is 0 Å². The number of aromatic nitrogens is 3. The Bertz CT molecular complexity index is 364. The van der Waals surface area contributed by atoms with Gasteiger partial charge in [-0.1, -0.05) is 19.8 Å². The minimum absolute atomic E-state index is 0.191. The highest BCUT2D eigenvalue weighted by molar-refractivity contribution is 6.28. The zero-order valence-electron chi connectivity index (χ0n) is 11.3. The first kappa shape index (κ1) is 15.9. The Morgan fingerprint density at radius 3 is 2.21 bits per heavy atom. The predicted molar refractivity (Wildman–Crippen MR) is 77.7 cm³/mol. The molecule has 0 saturated heterocycles. The number of aliphatic hydroxyl groups excluding tert-OH is 1. The summed E-state index contributed by atoms with van der Waals surface area (Å²) < 4.78 is 0. The molecule has 0 amide bonds. The van der Waals surface area contributed by atoms with Crippen molar-refractivity contribution >= 4 is 23.5 Å². The van der Waals surface area contributed by atoms with E-state index in [1.165, 1.54) is 0 Å². The Hall–Kier alpha value is -1.14. The molecule has 7 heteroatoms. The summed E-state index contributed by atoms with van der Waals surface area (Å²) in [5, 5.41) is 15.1. The maximum atomic E-state index is 8.67. The van der Waals surface area contributed by atoms with Crippen LogP contribution in [-0.2, 0) is 0 Å². The fourth-order valence-electron chi connectivity index (χ4n) is 1.54. The fourth-order valence-corrected chi connectivity index (χ4v) is 1.70. The first-order chi connectivity index (χ1) is 9.26. The maximum absolute atomic E-state index is 8.67. The normalized spacial score (nSPS) is 10.5. The summed E-state index contributed by atoms with van der Waals surface area (Å²) in [6.07, 6.45) is 4.99. The van der Waals surface area contributed by atoms with Crippen LogP contribution in [-0.4, -0.2) is 39.8 Å². The monoisotopic (exact) mass is 287 g/mol. The number of halogens is 1. The molecule has 1 heterocycles. The molecule has 1 aromatic rings. The smallest absolute Gasteiger partial charge is 0.228 e. The number of aliphatic hydroxyl groups is 1. The van der Waals surface area contributed by atoms with Gasteiger partial charge in [-0.3, -0.25) is 0 Å². The van der Waals surface area contributed by atoms with Gasteiger partial charge >= 0.3 is 0 Å². The topological polar surface area (TPSA) is 83.0 Å². The second kappa shape index (κ2) is 9.75.